The number of benzene rings is 1. The van der Waals surface area contributed by atoms with Crippen LogP contribution >= 0.6 is 0 Å². The summed E-state index contributed by atoms with van der Waals surface area (Å²) < 4.78 is 31.7. The van der Waals surface area contributed by atoms with Crippen molar-refractivity contribution in [2.75, 3.05) is 20.2 Å². The maximum atomic E-state index is 12.0. The summed E-state index contributed by atoms with van der Waals surface area (Å²) in [5.74, 6) is 0.720. The number of hydrogen-bond donors (Lipinski definition) is 2. The van der Waals surface area contributed by atoms with E-state index in [0.29, 0.717) is 6.54 Å². The van der Waals surface area contributed by atoms with Crippen LogP contribution in [0.1, 0.15) is 19.4 Å². The summed E-state index contributed by atoms with van der Waals surface area (Å²) in [6, 6.07) is 7.34. The van der Waals surface area contributed by atoms with Crippen molar-refractivity contribution < 1.29 is 13.2 Å². The highest BCUT2D eigenvalue weighted by Gasteiger charge is 2.19. The molecule has 0 bridgehead atoms. The fourth-order valence-corrected chi connectivity index (χ4v) is 2.56. The monoisotopic (exact) mass is 286 g/mol. The Balaban J connectivity index is 2.59. The quantitative estimate of drug-likeness (QED) is 0.751. The standard InChI is InChI=1S/C13H22N2O3S/c1-4-14-9-11(2)19(16,17)15-10-12-6-5-7-13(8-12)18-3/h5-8,11,14-15H,4,9-10H2,1-3H3. The second-order valence-corrected chi connectivity index (χ2v) is 6.52. The zero-order valence-corrected chi connectivity index (χ0v) is 12.5. The first-order valence-corrected chi connectivity index (χ1v) is 7.86. The number of rotatable bonds is 8. The Hall–Kier alpha value is -1.11. The molecular weight excluding hydrogens is 264 g/mol. The third-order valence-corrected chi connectivity index (χ3v) is 4.60. The summed E-state index contributed by atoms with van der Waals surface area (Å²) in [6.45, 7) is 5.12. The van der Waals surface area contributed by atoms with E-state index in [-0.39, 0.29) is 6.54 Å². The zero-order valence-electron chi connectivity index (χ0n) is 11.6. The van der Waals surface area contributed by atoms with Gasteiger partial charge in [-0.25, -0.2) is 13.1 Å². The van der Waals surface area contributed by atoms with E-state index in [1.54, 1.807) is 14.0 Å². The molecule has 0 fully saturated rings. The molecule has 1 unspecified atom stereocenters. The van der Waals surface area contributed by atoms with E-state index in [1.165, 1.54) is 0 Å². The van der Waals surface area contributed by atoms with Gasteiger partial charge in [0.1, 0.15) is 5.75 Å². The third-order valence-electron chi connectivity index (χ3n) is 2.82. The van der Waals surface area contributed by atoms with Crippen LogP contribution in [-0.4, -0.2) is 33.9 Å². The molecule has 0 saturated heterocycles. The molecule has 2 N–H and O–H groups in total. The molecule has 0 aromatic heterocycles. The molecule has 1 atom stereocenters. The minimum atomic E-state index is -3.30. The van der Waals surface area contributed by atoms with Crippen LogP contribution in [0, 0.1) is 0 Å². The van der Waals surface area contributed by atoms with Crippen molar-refractivity contribution >= 4 is 10.0 Å². The van der Waals surface area contributed by atoms with E-state index in [1.807, 2.05) is 31.2 Å². The van der Waals surface area contributed by atoms with Gasteiger partial charge in [-0.1, -0.05) is 19.1 Å². The summed E-state index contributed by atoms with van der Waals surface area (Å²) in [7, 11) is -1.72. The molecular formula is C13H22N2O3S. The van der Waals surface area contributed by atoms with E-state index < -0.39 is 15.3 Å². The Labute approximate surface area is 115 Å². The van der Waals surface area contributed by atoms with Crippen LogP contribution in [0.2, 0.25) is 0 Å². The summed E-state index contributed by atoms with van der Waals surface area (Å²) in [5.41, 5.74) is 0.874. The van der Waals surface area contributed by atoms with Gasteiger partial charge in [0, 0.05) is 13.1 Å². The maximum Gasteiger partial charge on any atom is 0.215 e. The topological polar surface area (TPSA) is 67.4 Å². The SMILES string of the molecule is CCNCC(C)S(=O)(=O)NCc1cccc(OC)c1. The van der Waals surface area contributed by atoms with Gasteiger partial charge in [0.05, 0.1) is 12.4 Å². The van der Waals surface area contributed by atoms with Gasteiger partial charge in [-0.2, -0.15) is 0 Å². The lowest BCUT2D eigenvalue weighted by Crippen LogP contribution is -2.38. The Kier molecular flexibility index (Phi) is 6.27. The third kappa shape index (κ3) is 5.18. The highest BCUT2D eigenvalue weighted by atomic mass is 32.2. The lowest BCUT2D eigenvalue weighted by atomic mass is 10.2. The predicted molar refractivity (Wildman–Crippen MR) is 76.8 cm³/mol. The molecule has 0 radical (unpaired) electrons. The normalized spacial score (nSPS) is 13.2. The number of hydrogen-bond acceptors (Lipinski definition) is 4. The molecule has 1 rings (SSSR count). The average molecular weight is 286 g/mol. The Bertz CT molecular complexity index is 488. The van der Waals surface area contributed by atoms with Gasteiger partial charge in [-0.15, -0.1) is 0 Å². The number of ether oxygens (including phenoxy) is 1. The van der Waals surface area contributed by atoms with Crippen LogP contribution in [0.15, 0.2) is 24.3 Å². The number of sulfonamides is 1. The van der Waals surface area contributed by atoms with Crippen molar-refractivity contribution in [2.45, 2.75) is 25.6 Å². The van der Waals surface area contributed by atoms with Gasteiger partial charge in [0.2, 0.25) is 10.0 Å². The Morgan fingerprint density at radius 1 is 1.37 bits per heavy atom. The first-order valence-electron chi connectivity index (χ1n) is 6.31. The smallest absolute Gasteiger partial charge is 0.215 e. The summed E-state index contributed by atoms with van der Waals surface area (Å²) >= 11 is 0. The average Bonchev–Trinajstić information content (AvgIpc) is 2.42. The summed E-state index contributed by atoms with van der Waals surface area (Å²) in [6.07, 6.45) is 0. The van der Waals surface area contributed by atoms with Gasteiger partial charge >= 0.3 is 0 Å². The van der Waals surface area contributed by atoms with Gasteiger partial charge in [0.15, 0.2) is 0 Å². The molecule has 0 aliphatic rings. The van der Waals surface area contributed by atoms with E-state index in [9.17, 15) is 8.42 Å². The Morgan fingerprint density at radius 2 is 2.11 bits per heavy atom. The van der Waals surface area contributed by atoms with Crippen molar-refractivity contribution in [3.05, 3.63) is 29.8 Å². The number of nitrogens with one attached hydrogen (secondary N) is 2. The van der Waals surface area contributed by atoms with Crippen molar-refractivity contribution in [2.24, 2.45) is 0 Å². The molecule has 0 spiro atoms. The lowest BCUT2D eigenvalue weighted by Gasteiger charge is -2.14. The van der Waals surface area contributed by atoms with Crippen molar-refractivity contribution in [1.82, 2.24) is 10.0 Å². The van der Waals surface area contributed by atoms with E-state index in [2.05, 4.69) is 10.0 Å². The molecule has 0 aliphatic carbocycles. The molecule has 5 nitrogen and oxygen atoms in total. The number of methoxy groups -OCH3 is 1. The molecule has 0 saturated carbocycles. The molecule has 0 heterocycles. The highest BCUT2D eigenvalue weighted by Crippen LogP contribution is 2.12. The lowest BCUT2D eigenvalue weighted by molar-refractivity contribution is 0.414. The summed E-state index contributed by atoms with van der Waals surface area (Å²) in [4.78, 5) is 0. The van der Waals surface area contributed by atoms with Crippen molar-refractivity contribution in [3.8, 4) is 5.75 Å². The van der Waals surface area contributed by atoms with Crippen LogP contribution in [0.4, 0.5) is 0 Å². The van der Waals surface area contributed by atoms with Crippen LogP contribution in [-0.2, 0) is 16.6 Å². The Morgan fingerprint density at radius 3 is 2.74 bits per heavy atom. The van der Waals surface area contributed by atoms with E-state index in [0.717, 1.165) is 17.9 Å². The van der Waals surface area contributed by atoms with Crippen LogP contribution in [0.3, 0.4) is 0 Å². The largest absolute Gasteiger partial charge is 0.497 e. The molecule has 1 aromatic rings. The van der Waals surface area contributed by atoms with Gasteiger partial charge in [-0.3, -0.25) is 0 Å². The minimum absolute atomic E-state index is 0.274. The zero-order chi connectivity index (χ0) is 14.3. The maximum absolute atomic E-state index is 12.0. The van der Waals surface area contributed by atoms with Crippen molar-refractivity contribution in [1.29, 1.82) is 0 Å². The van der Waals surface area contributed by atoms with E-state index >= 15 is 0 Å². The van der Waals surface area contributed by atoms with Crippen molar-refractivity contribution in [3.63, 3.8) is 0 Å². The van der Waals surface area contributed by atoms with Crippen LogP contribution in [0.5, 0.6) is 5.75 Å². The summed E-state index contributed by atoms with van der Waals surface area (Å²) in [5, 5.41) is 2.57. The van der Waals surface area contributed by atoms with Crippen LogP contribution in [0.25, 0.3) is 0 Å². The molecule has 1 aromatic carbocycles. The minimum Gasteiger partial charge on any atom is -0.497 e. The fraction of sp³-hybridized carbons (Fsp3) is 0.538. The van der Waals surface area contributed by atoms with Gasteiger partial charge in [0.25, 0.3) is 0 Å². The van der Waals surface area contributed by atoms with Gasteiger partial charge in [-0.05, 0) is 31.2 Å². The van der Waals surface area contributed by atoms with E-state index in [4.69, 9.17) is 4.74 Å². The molecule has 0 amide bonds. The second-order valence-electron chi connectivity index (χ2n) is 4.34. The molecule has 0 aliphatic heterocycles. The van der Waals surface area contributed by atoms with Gasteiger partial charge < -0.3 is 10.1 Å². The first-order chi connectivity index (χ1) is 8.99. The predicted octanol–water partition coefficient (Wildman–Crippen LogP) is 1.11. The molecule has 6 heteroatoms. The molecule has 108 valence electrons. The first kappa shape index (κ1) is 15.9. The van der Waals surface area contributed by atoms with Crippen LogP contribution < -0.4 is 14.8 Å². The molecule has 19 heavy (non-hydrogen) atoms. The second kappa shape index (κ2) is 7.47. The fourth-order valence-electron chi connectivity index (χ4n) is 1.57. The highest BCUT2D eigenvalue weighted by molar-refractivity contribution is 7.90.